The highest BCUT2D eigenvalue weighted by atomic mass is 16.4. The maximum absolute atomic E-state index is 13.6. The van der Waals surface area contributed by atoms with Gasteiger partial charge in [-0.25, -0.2) is 4.79 Å². The van der Waals surface area contributed by atoms with Crippen molar-refractivity contribution in [1.82, 2.24) is 47.4 Å². The van der Waals surface area contributed by atoms with Gasteiger partial charge < -0.3 is 95.9 Å². The number of hydrogen-bond donors (Lipinski definition) is 17. The van der Waals surface area contributed by atoms with Crippen LogP contribution in [-0.2, 0) is 52.7 Å². The zero-order chi connectivity index (χ0) is 50.8. The molecule has 1 rings (SSSR count). The molecule has 0 aliphatic carbocycles. The molecule has 0 aromatic carbocycles. The Morgan fingerprint density at radius 1 is 0.642 bits per heavy atom. The molecule has 30 nitrogen and oxygen atoms in total. The summed E-state index contributed by atoms with van der Waals surface area (Å²) in [7, 11) is 0. The quantitative estimate of drug-likeness (QED) is 0.0174. The fourth-order valence-corrected chi connectivity index (χ4v) is 6.26. The molecule has 0 saturated carbocycles. The van der Waals surface area contributed by atoms with Gasteiger partial charge in [-0.05, 0) is 58.4 Å². The number of carboxylic acid groups (broad SMARTS) is 2. The summed E-state index contributed by atoms with van der Waals surface area (Å²) in [5.74, 6) is -12.2. The fraction of sp³-hybridized carbons (Fsp3) is 0.676. The van der Waals surface area contributed by atoms with Crippen LogP contribution in [0.15, 0.2) is 4.99 Å². The minimum absolute atomic E-state index is 0.00479. The van der Waals surface area contributed by atoms with Gasteiger partial charge in [0.1, 0.15) is 48.3 Å². The number of nitrogens with zero attached hydrogens (tertiary/aromatic N) is 2. The summed E-state index contributed by atoms with van der Waals surface area (Å²) < 4.78 is 0. The second-order valence-corrected chi connectivity index (χ2v) is 15.0. The molecule has 21 N–H and O–H groups in total. The Morgan fingerprint density at radius 2 is 1.18 bits per heavy atom. The first-order valence-electron chi connectivity index (χ1n) is 21.1. The zero-order valence-corrected chi connectivity index (χ0v) is 36.9. The van der Waals surface area contributed by atoms with E-state index in [9.17, 15) is 78.3 Å². The highest BCUT2D eigenvalue weighted by molar-refractivity contribution is 5.98. The molecule has 1 heterocycles. The van der Waals surface area contributed by atoms with E-state index in [2.05, 4.69) is 47.5 Å². The van der Waals surface area contributed by atoms with Crippen LogP contribution in [0.5, 0.6) is 0 Å². The lowest BCUT2D eigenvalue weighted by Gasteiger charge is -2.29. The van der Waals surface area contributed by atoms with E-state index < -0.39 is 153 Å². The molecule has 0 aromatic rings. The van der Waals surface area contributed by atoms with Crippen LogP contribution < -0.4 is 65.5 Å². The van der Waals surface area contributed by atoms with Crippen molar-refractivity contribution in [2.75, 3.05) is 52.5 Å². The molecule has 1 aliphatic heterocycles. The lowest BCUT2D eigenvalue weighted by Crippen LogP contribution is -2.60. The summed E-state index contributed by atoms with van der Waals surface area (Å²) in [5, 5.41) is 66.2. The second kappa shape index (κ2) is 30.4. The Balaban J connectivity index is 2.94. The van der Waals surface area contributed by atoms with Crippen LogP contribution in [0, 0.1) is 0 Å². The van der Waals surface area contributed by atoms with Crippen molar-refractivity contribution in [3.05, 3.63) is 0 Å². The fourth-order valence-electron chi connectivity index (χ4n) is 6.26. The van der Waals surface area contributed by atoms with Crippen LogP contribution in [0.2, 0.25) is 0 Å². The number of carbonyl (C=O) groups excluding carboxylic acids is 9. The number of amides is 9. The molecule has 0 aromatic heterocycles. The van der Waals surface area contributed by atoms with Crippen LogP contribution in [0.1, 0.15) is 58.3 Å². The van der Waals surface area contributed by atoms with Crippen molar-refractivity contribution in [1.29, 1.82) is 0 Å². The maximum Gasteiger partial charge on any atom is 0.326 e. The standard InChI is InChI=1S/C37H64N14O16/c1-18(29(59)48-22(15-52)33(63)49-23(16-53)32(62)47-20(36(66)67)6-2-3-9-38)44-34(64)25-8-5-11-51(25)35(65)24(17-54)50-31(61)21(12-28(57)58)46-27(56)14-43-30(60)19(45-26(55)13-39)7-4-10-42-37(40)41/h18-25,52-54H,2-17,38-39H2,1H3,(H,43,60)(H,44,64)(H,45,55)(H,46,56)(H,47,62)(H,48,59)(H,49,63)(H,50,61)(H,57,58)(H,66,67)(H4,40,41,42)/t18-,19+,20-,21-,22-,23-,24-,25-/m0/s1. The van der Waals surface area contributed by atoms with Crippen molar-refractivity contribution in [2.45, 2.75) is 107 Å². The molecule has 1 fully saturated rings. The average Bonchev–Trinajstić information content (AvgIpc) is 3.78. The van der Waals surface area contributed by atoms with Gasteiger partial charge in [-0.3, -0.25) is 52.9 Å². The first-order valence-corrected chi connectivity index (χ1v) is 21.1. The number of guanidine groups is 1. The second-order valence-electron chi connectivity index (χ2n) is 15.0. The topological polar surface area (TPSA) is 505 Å². The molecule has 9 amide bonds. The van der Waals surface area contributed by atoms with E-state index in [1.165, 1.54) is 6.92 Å². The highest BCUT2D eigenvalue weighted by Crippen LogP contribution is 2.19. The molecule has 0 unspecified atom stereocenters. The van der Waals surface area contributed by atoms with Gasteiger partial charge in [-0.15, -0.1) is 0 Å². The smallest absolute Gasteiger partial charge is 0.326 e. The Morgan fingerprint density at radius 3 is 1.72 bits per heavy atom. The van der Waals surface area contributed by atoms with Gasteiger partial charge in [-0.2, -0.15) is 0 Å². The van der Waals surface area contributed by atoms with Crippen molar-refractivity contribution in [3.8, 4) is 0 Å². The SMILES string of the molecule is C[C@H](NC(=O)[C@@H]1CCCN1C(=O)[C@H](CO)NC(=O)[C@H](CC(=O)O)NC(=O)CNC(=O)[C@@H](CCCN=C(N)N)NC(=O)CN)C(=O)N[C@@H](CO)C(=O)N[C@@H](CO)C(=O)N[C@@H](CCCCN)C(=O)O. The van der Waals surface area contributed by atoms with Crippen molar-refractivity contribution < 1.29 is 78.3 Å². The maximum atomic E-state index is 13.6. The predicted molar refractivity (Wildman–Crippen MR) is 230 cm³/mol. The molecule has 0 spiro atoms. The molecule has 378 valence electrons. The number of nitrogens with one attached hydrogen (secondary N) is 8. The molecular weight excluding hydrogens is 896 g/mol. The summed E-state index contributed by atoms with van der Waals surface area (Å²) in [6.45, 7) is -2.84. The monoisotopic (exact) mass is 960 g/mol. The van der Waals surface area contributed by atoms with E-state index in [4.69, 9.17) is 22.9 Å². The first-order chi connectivity index (χ1) is 31.6. The Bertz CT molecular complexity index is 1780. The Hall–Kier alpha value is -6.76. The van der Waals surface area contributed by atoms with Crippen LogP contribution in [0.3, 0.4) is 0 Å². The lowest BCUT2D eigenvalue weighted by atomic mass is 10.1. The molecular formula is C37H64N14O16. The van der Waals surface area contributed by atoms with Crippen molar-refractivity contribution in [3.63, 3.8) is 0 Å². The zero-order valence-electron chi connectivity index (χ0n) is 36.9. The minimum Gasteiger partial charge on any atom is -0.481 e. The van der Waals surface area contributed by atoms with Crippen LogP contribution >= 0.6 is 0 Å². The summed E-state index contributed by atoms with van der Waals surface area (Å²) >= 11 is 0. The van der Waals surface area contributed by atoms with Gasteiger partial charge in [0.15, 0.2) is 5.96 Å². The van der Waals surface area contributed by atoms with Gasteiger partial charge in [-0.1, -0.05) is 0 Å². The van der Waals surface area contributed by atoms with Gasteiger partial charge >= 0.3 is 11.9 Å². The van der Waals surface area contributed by atoms with E-state index >= 15 is 0 Å². The third kappa shape index (κ3) is 21.0. The van der Waals surface area contributed by atoms with Crippen molar-refractivity contribution in [2.24, 2.45) is 27.9 Å². The minimum atomic E-state index is -1.86. The van der Waals surface area contributed by atoms with E-state index in [0.717, 1.165) is 4.90 Å². The summed E-state index contributed by atoms with van der Waals surface area (Å²) in [6.07, 6.45) is 0.330. The number of hydrogen-bond acceptors (Lipinski definition) is 17. The lowest BCUT2D eigenvalue weighted by molar-refractivity contribution is -0.144. The number of aliphatic carboxylic acids is 2. The van der Waals surface area contributed by atoms with E-state index in [-0.39, 0.29) is 57.7 Å². The number of carboxylic acids is 2. The number of aliphatic imine (C=N–C) groups is 1. The average molecular weight is 961 g/mol. The summed E-state index contributed by atoms with van der Waals surface area (Å²) in [4.78, 5) is 144. The number of unbranched alkanes of at least 4 members (excludes halogenated alkanes) is 1. The van der Waals surface area contributed by atoms with Crippen LogP contribution in [0.25, 0.3) is 0 Å². The van der Waals surface area contributed by atoms with E-state index in [0.29, 0.717) is 12.8 Å². The number of nitrogens with two attached hydrogens (primary N) is 4. The first kappa shape index (κ1) is 58.3. The van der Waals surface area contributed by atoms with E-state index in [1.54, 1.807) is 0 Å². The molecule has 0 radical (unpaired) electrons. The number of carbonyl (C=O) groups is 11. The molecule has 8 atom stereocenters. The molecule has 1 aliphatic rings. The Kier molecular flexibility index (Phi) is 26.5. The Labute approximate surface area is 383 Å². The molecule has 1 saturated heterocycles. The third-order valence-corrected chi connectivity index (χ3v) is 9.82. The number of aliphatic hydroxyl groups is 3. The van der Waals surface area contributed by atoms with Crippen LogP contribution in [-0.4, -0.2) is 202 Å². The summed E-state index contributed by atoms with van der Waals surface area (Å²) in [6, 6.07) is -12.3. The third-order valence-electron chi connectivity index (χ3n) is 9.82. The van der Waals surface area contributed by atoms with Gasteiger partial charge in [0.05, 0.1) is 39.3 Å². The van der Waals surface area contributed by atoms with Gasteiger partial charge in [0.25, 0.3) is 0 Å². The van der Waals surface area contributed by atoms with E-state index in [1.807, 2.05) is 0 Å². The van der Waals surface area contributed by atoms with Gasteiger partial charge in [0, 0.05) is 13.1 Å². The number of rotatable bonds is 31. The van der Waals surface area contributed by atoms with Crippen molar-refractivity contribution >= 4 is 71.1 Å². The van der Waals surface area contributed by atoms with Gasteiger partial charge in [0.2, 0.25) is 53.2 Å². The van der Waals surface area contributed by atoms with Crippen LogP contribution in [0.4, 0.5) is 0 Å². The molecule has 30 heteroatoms. The normalized spacial score (nSPS) is 16.2. The summed E-state index contributed by atoms with van der Waals surface area (Å²) in [5.41, 5.74) is 21.3. The molecule has 0 bridgehead atoms. The number of likely N-dealkylation sites (tertiary alicyclic amines) is 1. The highest BCUT2D eigenvalue weighted by Gasteiger charge is 2.40. The predicted octanol–water partition coefficient (Wildman–Crippen LogP) is -9.82. The largest absolute Gasteiger partial charge is 0.481 e. The number of aliphatic hydroxyl groups excluding tert-OH is 3. The molecule has 67 heavy (non-hydrogen) atoms.